The molecule has 4 aromatic rings. The summed E-state index contributed by atoms with van der Waals surface area (Å²) in [5.41, 5.74) is 7.82. The van der Waals surface area contributed by atoms with Gasteiger partial charge in [0.15, 0.2) is 18.3 Å². The second-order valence-electron chi connectivity index (χ2n) is 11.9. The summed E-state index contributed by atoms with van der Waals surface area (Å²) < 4.78 is 23.5. The Morgan fingerprint density at radius 2 is 1.85 bits per heavy atom. The minimum Gasteiger partial charge on any atom is -0.508 e. The molecule has 10 nitrogen and oxygen atoms in total. The van der Waals surface area contributed by atoms with Crippen LogP contribution in [0.4, 0.5) is 0 Å². The Bertz CT molecular complexity index is 1800. The van der Waals surface area contributed by atoms with Crippen LogP contribution in [-0.4, -0.2) is 46.9 Å². The van der Waals surface area contributed by atoms with Crippen LogP contribution >= 0.6 is 0 Å². The van der Waals surface area contributed by atoms with E-state index in [0.717, 1.165) is 50.1 Å². The van der Waals surface area contributed by atoms with Crippen molar-refractivity contribution in [1.29, 1.82) is 0 Å². The van der Waals surface area contributed by atoms with Gasteiger partial charge in [-0.1, -0.05) is 36.4 Å². The van der Waals surface area contributed by atoms with Crippen molar-refractivity contribution in [1.82, 2.24) is 5.32 Å². The number of carbonyl (C=O) groups excluding carboxylic acids is 1. The number of hydrogen-bond acceptors (Lipinski definition) is 10. The molecule has 0 amide bonds. The Labute approximate surface area is 273 Å². The maximum absolute atomic E-state index is 12.0. The molecule has 1 heterocycles. The highest BCUT2D eigenvalue weighted by Gasteiger charge is 2.41. The summed E-state index contributed by atoms with van der Waals surface area (Å²) in [7, 11) is 1.49. The van der Waals surface area contributed by atoms with E-state index in [9.17, 15) is 25.2 Å². The van der Waals surface area contributed by atoms with Crippen molar-refractivity contribution >= 4 is 5.97 Å². The van der Waals surface area contributed by atoms with Gasteiger partial charge in [0, 0.05) is 47.8 Å². The van der Waals surface area contributed by atoms with E-state index in [0.29, 0.717) is 36.6 Å². The van der Waals surface area contributed by atoms with Gasteiger partial charge < -0.3 is 44.7 Å². The molecule has 3 atom stereocenters. The second-order valence-corrected chi connectivity index (χ2v) is 11.9. The first-order valence-corrected chi connectivity index (χ1v) is 15.6. The van der Waals surface area contributed by atoms with E-state index in [1.165, 1.54) is 20.1 Å². The van der Waals surface area contributed by atoms with Gasteiger partial charge in [0.1, 0.15) is 30.0 Å². The number of phenols is 2. The van der Waals surface area contributed by atoms with Crippen LogP contribution in [0.3, 0.4) is 0 Å². The zero-order chi connectivity index (χ0) is 33.2. The zero-order valence-electron chi connectivity index (χ0n) is 26.6. The molecule has 6 rings (SSSR count). The largest absolute Gasteiger partial charge is 0.508 e. The molecule has 0 saturated carbocycles. The van der Waals surface area contributed by atoms with Crippen LogP contribution in [-0.2, 0) is 35.5 Å². The predicted molar refractivity (Wildman–Crippen MR) is 174 cm³/mol. The first-order valence-electron chi connectivity index (χ1n) is 15.6. The smallest absolute Gasteiger partial charge is 0.302 e. The molecule has 1 aliphatic heterocycles. The van der Waals surface area contributed by atoms with E-state index in [2.05, 4.69) is 5.32 Å². The van der Waals surface area contributed by atoms with Gasteiger partial charge in [-0.05, 0) is 65.8 Å². The summed E-state index contributed by atoms with van der Waals surface area (Å²) >= 11 is 0. The molecule has 0 radical (unpaired) electrons. The molecular formula is C37H39NO9. The summed E-state index contributed by atoms with van der Waals surface area (Å²) in [4.78, 5) is 12.0. The van der Waals surface area contributed by atoms with Crippen LogP contribution in [0.2, 0.25) is 0 Å². The van der Waals surface area contributed by atoms with Crippen LogP contribution in [0.5, 0.6) is 28.7 Å². The maximum atomic E-state index is 12.0. The van der Waals surface area contributed by atoms with E-state index in [1.807, 2.05) is 43.3 Å². The zero-order valence-corrected chi connectivity index (χ0v) is 26.6. The van der Waals surface area contributed by atoms with Gasteiger partial charge in [0.2, 0.25) is 0 Å². The van der Waals surface area contributed by atoms with Crippen LogP contribution in [0.1, 0.15) is 70.9 Å². The average molecular weight is 642 g/mol. The lowest BCUT2D eigenvalue weighted by molar-refractivity contribution is -0.141. The summed E-state index contributed by atoms with van der Waals surface area (Å²) in [5.74, 6) is 0.651. The number of fused-ring (bicyclic) bond motifs is 5. The first-order chi connectivity index (χ1) is 22.7. The Hall–Kier alpha value is -4.77. The number of phenolic OH excluding ortho intramolecular Hbond substituents is 2. The Kier molecular flexibility index (Phi) is 9.26. The van der Waals surface area contributed by atoms with Crippen LogP contribution in [0.25, 0.3) is 11.1 Å². The predicted octanol–water partition coefficient (Wildman–Crippen LogP) is 5.32. The highest BCUT2D eigenvalue weighted by atomic mass is 16.6. The highest BCUT2D eigenvalue weighted by Crippen LogP contribution is 2.54. The summed E-state index contributed by atoms with van der Waals surface area (Å²) in [6.07, 6.45) is 0.678. The molecule has 2 aliphatic rings. The fraction of sp³-hybridized carbons (Fsp3) is 0.324. The quantitative estimate of drug-likeness (QED) is 0.108. The molecule has 4 aromatic carbocycles. The first kappa shape index (κ1) is 32.2. The van der Waals surface area contributed by atoms with Gasteiger partial charge in [-0.2, -0.15) is 0 Å². The van der Waals surface area contributed by atoms with Crippen molar-refractivity contribution in [2.24, 2.45) is 0 Å². The van der Waals surface area contributed by atoms with Gasteiger partial charge in [-0.15, -0.1) is 0 Å². The molecule has 10 heteroatoms. The standard InChI is InChI=1S/C37H39NO9/c1-20(23-6-4-5-22(11-23)17-39)38-16-25-13-32(43)33(44-3)15-30(25)37-31(18-45-21(2)41)29-10-9-27-28(36(29)47-37)8-7-24-12-26(42)14-34(35(24)27)46-19-40/h4-6,9-15,20,31,37-40,42-43H,7-8,16-19H2,1-3H3/t20-,31+,37-/m1/s1. The summed E-state index contributed by atoms with van der Waals surface area (Å²) in [5, 5.41) is 43.8. The lowest BCUT2D eigenvalue weighted by atomic mass is 9.81. The lowest BCUT2D eigenvalue weighted by Crippen LogP contribution is -2.22. The van der Waals surface area contributed by atoms with Crippen molar-refractivity contribution < 1.29 is 44.2 Å². The van der Waals surface area contributed by atoms with E-state index < -0.39 is 18.9 Å². The molecule has 1 aliphatic carbocycles. The van der Waals surface area contributed by atoms with Crippen molar-refractivity contribution in [3.8, 4) is 39.9 Å². The summed E-state index contributed by atoms with van der Waals surface area (Å²) in [6.45, 7) is 3.28. The number of hydrogen-bond donors (Lipinski definition) is 5. The lowest BCUT2D eigenvalue weighted by Gasteiger charge is -2.25. The van der Waals surface area contributed by atoms with Crippen LogP contribution in [0, 0.1) is 0 Å². The second kappa shape index (κ2) is 13.5. The number of benzene rings is 4. The number of ether oxygens (including phenoxy) is 4. The summed E-state index contributed by atoms with van der Waals surface area (Å²) in [6, 6.07) is 18.3. The fourth-order valence-electron chi connectivity index (χ4n) is 6.75. The molecular weight excluding hydrogens is 602 g/mol. The number of aromatic hydroxyl groups is 2. The molecule has 0 spiro atoms. The van der Waals surface area contributed by atoms with E-state index in [4.69, 9.17) is 18.9 Å². The van der Waals surface area contributed by atoms with Gasteiger partial charge in [-0.25, -0.2) is 0 Å². The number of aryl methyl sites for hydroxylation is 1. The van der Waals surface area contributed by atoms with Crippen LogP contribution < -0.4 is 19.5 Å². The monoisotopic (exact) mass is 641 g/mol. The topological polar surface area (TPSA) is 147 Å². The minimum atomic E-state index is -0.579. The number of esters is 1. The van der Waals surface area contributed by atoms with Gasteiger partial charge in [-0.3, -0.25) is 4.79 Å². The van der Waals surface area contributed by atoms with Crippen LogP contribution in [0.15, 0.2) is 60.7 Å². The molecule has 0 fully saturated rings. The molecule has 0 unspecified atom stereocenters. The third-order valence-corrected chi connectivity index (χ3v) is 9.05. The number of methoxy groups -OCH3 is 1. The Morgan fingerprint density at radius 1 is 1.02 bits per heavy atom. The Morgan fingerprint density at radius 3 is 2.60 bits per heavy atom. The number of aliphatic hydroxyl groups is 2. The highest BCUT2D eigenvalue weighted by molar-refractivity contribution is 5.82. The molecule has 5 N–H and O–H groups in total. The number of aliphatic hydroxyl groups excluding tert-OH is 2. The van der Waals surface area contributed by atoms with E-state index >= 15 is 0 Å². The average Bonchev–Trinajstić information content (AvgIpc) is 3.44. The third kappa shape index (κ3) is 6.32. The number of carbonyl (C=O) groups is 1. The van der Waals surface area contributed by atoms with Crippen molar-refractivity contribution in [3.63, 3.8) is 0 Å². The third-order valence-electron chi connectivity index (χ3n) is 9.05. The van der Waals surface area contributed by atoms with Gasteiger partial charge >= 0.3 is 5.97 Å². The normalized spacial score (nSPS) is 16.8. The number of rotatable bonds is 11. The van der Waals surface area contributed by atoms with Gasteiger partial charge in [0.25, 0.3) is 0 Å². The fourth-order valence-corrected chi connectivity index (χ4v) is 6.75. The molecule has 47 heavy (non-hydrogen) atoms. The van der Waals surface area contributed by atoms with Crippen molar-refractivity contribution in [2.45, 2.75) is 57.9 Å². The molecule has 0 aromatic heterocycles. The molecule has 0 bridgehead atoms. The molecule has 0 saturated heterocycles. The molecule has 246 valence electrons. The van der Waals surface area contributed by atoms with E-state index in [-0.39, 0.29) is 36.7 Å². The van der Waals surface area contributed by atoms with Gasteiger partial charge in [0.05, 0.1) is 19.6 Å². The van der Waals surface area contributed by atoms with Crippen molar-refractivity contribution in [2.75, 3.05) is 20.5 Å². The van der Waals surface area contributed by atoms with E-state index in [1.54, 1.807) is 18.2 Å². The van der Waals surface area contributed by atoms with Crippen molar-refractivity contribution in [3.05, 3.63) is 99.6 Å². The maximum Gasteiger partial charge on any atom is 0.302 e. The number of nitrogens with one attached hydrogen (secondary N) is 1. The SMILES string of the molecule is COc1cc([C@H]2Oc3c(ccc4c3CCc3cc(O)cc(OCO)c3-4)[C@@H]2COC(C)=O)c(CN[C@H](C)c2cccc(CO)c2)cc1O. The minimum absolute atomic E-state index is 0.0105. The Balaban J connectivity index is 1.40.